The van der Waals surface area contributed by atoms with E-state index in [4.69, 9.17) is 10.5 Å². The van der Waals surface area contributed by atoms with Crippen molar-refractivity contribution in [1.82, 2.24) is 0 Å². The van der Waals surface area contributed by atoms with Crippen molar-refractivity contribution in [2.24, 2.45) is 11.7 Å². The molecule has 3 heteroatoms. The molecule has 0 amide bonds. The quantitative estimate of drug-likeness (QED) is 0.920. The van der Waals surface area contributed by atoms with Crippen molar-refractivity contribution >= 4 is 15.9 Å². The lowest BCUT2D eigenvalue weighted by atomic mass is 10.00. The predicted octanol–water partition coefficient (Wildman–Crippen LogP) is 3.35. The van der Waals surface area contributed by atoms with Gasteiger partial charge in [-0.05, 0) is 37.0 Å². The van der Waals surface area contributed by atoms with Crippen LogP contribution in [0.5, 0.6) is 5.75 Å². The van der Waals surface area contributed by atoms with Gasteiger partial charge in [0.25, 0.3) is 0 Å². The fourth-order valence-electron chi connectivity index (χ4n) is 2.27. The minimum Gasteiger partial charge on any atom is -0.492 e. The molecule has 0 heterocycles. The van der Waals surface area contributed by atoms with Gasteiger partial charge in [0.05, 0.1) is 0 Å². The molecule has 0 bridgehead atoms. The summed E-state index contributed by atoms with van der Waals surface area (Å²) in [5.41, 5.74) is 6.13. The van der Waals surface area contributed by atoms with Crippen molar-refractivity contribution in [3.05, 3.63) is 28.7 Å². The van der Waals surface area contributed by atoms with E-state index < -0.39 is 0 Å². The highest BCUT2D eigenvalue weighted by molar-refractivity contribution is 9.10. The first-order valence-corrected chi connectivity index (χ1v) is 6.69. The molecule has 16 heavy (non-hydrogen) atoms. The third-order valence-corrected chi connectivity index (χ3v) is 3.74. The normalized spacial score (nSPS) is 18.6. The first-order chi connectivity index (χ1) is 7.75. The molecule has 1 aromatic rings. The molecular weight excluding hydrogens is 266 g/mol. The Bertz CT molecular complexity index is 336. The van der Waals surface area contributed by atoms with Gasteiger partial charge < -0.3 is 10.5 Å². The first-order valence-electron chi connectivity index (χ1n) is 5.89. The number of rotatable bonds is 4. The molecule has 0 aromatic heterocycles. The number of ether oxygens (including phenoxy) is 1. The molecule has 1 aliphatic rings. The second-order valence-corrected chi connectivity index (χ2v) is 5.39. The fourth-order valence-corrected chi connectivity index (χ4v) is 2.65. The van der Waals surface area contributed by atoms with Crippen LogP contribution in [0.3, 0.4) is 0 Å². The number of hydrogen-bond donors (Lipinski definition) is 1. The van der Waals surface area contributed by atoms with E-state index in [1.807, 2.05) is 24.3 Å². The van der Waals surface area contributed by atoms with E-state index in [0.717, 1.165) is 10.2 Å². The maximum Gasteiger partial charge on any atom is 0.120 e. The maximum atomic E-state index is 6.13. The molecule has 1 fully saturated rings. The summed E-state index contributed by atoms with van der Waals surface area (Å²) >= 11 is 3.42. The summed E-state index contributed by atoms with van der Waals surface area (Å²) in [5.74, 6) is 1.55. The molecule has 1 aromatic carbocycles. The Kier molecular flexibility index (Phi) is 4.24. The lowest BCUT2D eigenvalue weighted by Crippen LogP contribution is -2.34. The van der Waals surface area contributed by atoms with Crippen LogP contribution in [0.4, 0.5) is 0 Å². The lowest BCUT2D eigenvalue weighted by molar-refractivity contribution is 0.247. The van der Waals surface area contributed by atoms with Crippen molar-refractivity contribution in [2.75, 3.05) is 6.61 Å². The van der Waals surface area contributed by atoms with Crippen LogP contribution < -0.4 is 10.5 Å². The van der Waals surface area contributed by atoms with Gasteiger partial charge in [-0.2, -0.15) is 0 Å². The van der Waals surface area contributed by atoms with Crippen LogP contribution in [0.25, 0.3) is 0 Å². The SMILES string of the molecule is NC(COc1cccc(Br)c1)C1CCCC1. The Morgan fingerprint density at radius 3 is 2.81 bits per heavy atom. The van der Waals surface area contributed by atoms with E-state index in [9.17, 15) is 0 Å². The molecule has 2 N–H and O–H groups in total. The number of benzene rings is 1. The van der Waals surface area contributed by atoms with Crippen molar-refractivity contribution in [3.8, 4) is 5.75 Å². The Labute approximate surface area is 105 Å². The van der Waals surface area contributed by atoms with Gasteiger partial charge in [-0.1, -0.05) is 34.8 Å². The molecule has 0 saturated heterocycles. The Morgan fingerprint density at radius 1 is 1.38 bits per heavy atom. The topological polar surface area (TPSA) is 35.2 Å². The molecule has 1 atom stereocenters. The molecule has 2 nitrogen and oxygen atoms in total. The highest BCUT2D eigenvalue weighted by atomic mass is 79.9. The van der Waals surface area contributed by atoms with Gasteiger partial charge in [-0.15, -0.1) is 0 Å². The first kappa shape index (κ1) is 11.9. The van der Waals surface area contributed by atoms with E-state index in [-0.39, 0.29) is 6.04 Å². The van der Waals surface area contributed by atoms with E-state index in [0.29, 0.717) is 12.5 Å². The van der Waals surface area contributed by atoms with Crippen molar-refractivity contribution in [2.45, 2.75) is 31.7 Å². The lowest BCUT2D eigenvalue weighted by Gasteiger charge is -2.19. The van der Waals surface area contributed by atoms with Crippen molar-refractivity contribution in [3.63, 3.8) is 0 Å². The van der Waals surface area contributed by atoms with Gasteiger partial charge >= 0.3 is 0 Å². The summed E-state index contributed by atoms with van der Waals surface area (Å²) in [4.78, 5) is 0. The van der Waals surface area contributed by atoms with Gasteiger partial charge in [0.15, 0.2) is 0 Å². The van der Waals surface area contributed by atoms with E-state index in [2.05, 4.69) is 15.9 Å². The molecule has 0 aliphatic heterocycles. The summed E-state index contributed by atoms with van der Waals surface area (Å²) in [6, 6.07) is 8.08. The van der Waals surface area contributed by atoms with E-state index >= 15 is 0 Å². The standard InChI is InChI=1S/C13H18BrNO/c14-11-6-3-7-12(8-11)16-9-13(15)10-4-1-2-5-10/h3,6-8,10,13H,1-2,4-5,9,15H2. The number of hydrogen-bond acceptors (Lipinski definition) is 2. The summed E-state index contributed by atoms with van der Waals surface area (Å²) in [5, 5.41) is 0. The fraction of sp³-hybridized carbons (Fsp3) is 0.538. The smallest absolute Gasteiger partial charge is 0.120 e. The van der Waals surface area contributed by atoms with Gasteiger partial charge in [0.1, 0.15) is 12.4 Å². The van der Waals surface area contributed by atoms with E-state index in [1.165, 1.54) is 25.7 Å². The second kappa shape index (κ2) is 5.69. The predicted molar refractivity (Wildman–Crippen MR) is 69.6 cm³/mol. The van der Waals surface area contributed by atoms with Crippen LogP contribution in [0, 0.1) is 5.92 Å². The monoisotopic (exact) mass is 283 g/mol. The highest BCUT2D eigenvalue weighted by Crippen LogP contribution is 2.27. The molecule has 2 rings (SSSR count). The Balaban J connectivity index is 1.82. The minimum atomic E-state index is 0.182. The zero-order valence-electron chi connectivity index (χ0n) is 9.36. The molecule has 1 saturated carbocycles. The summed E-state index contributed by atoms with van der Waals surface area (Å²) in [6.45, 7) is 0.626. The van der Waals surface area contributed by atoms with Crippen LogP contribution in [0.1, 0.15) is 25.7 Å². The van der Waals surface area contributed by atoms with Gasteiger partial charge in [-0.25, -0.2) is 0 Å². The van der Waals surface area contributed by atoms with Gasteiger partial charge in [0, 0.05) is 10.5 Å². The van der Waals surface area contributed by atoms with Crippen LogP contribution >= 0.6 is 15.9 Å². The molecule has 88 valence electrons. The number of halogens is 1. The highest BCUT2D eigenvalue weighted by Gasteiger charge is 2.22. The van der Waals surface area contributed by atoms with Crippen LogP contribution in [0.15, 0.2) is 28.7 Å². The summed E-state index contributed by atoms with van der Waals surface area (Å²) in [6.07, 6.45) is 5.19. The maximum absolute atomic E-state index is 6.13. The second-order valence-electron chi connectivity index (χ2n) is 4.48. The third-order valence-electron chi connectivity index (χ3n) is 3.24. The minimum absolute atomic E-state index is 0.182. The van der Waals surface area contributed by atoms with Gasteiger partial charge in [-0.3, -0.25) is 0 Å². The molecule has 0 radical (unpaired) electrons. The molecule has 1 unspecified atom stereocenters. The van der Waals surface area contributed by atoms with Gasteiger partial charge in [0.2, 0.25) is 0 Å². The van der Waals surface area contributed by atoms with E-state index in [1.54, 1.807) is 0 Å². The third kappa shape index (κ3) is 3.22. The largest absolute Gasteiger partial charge is 0.492 e. The Morgan fingerprint density at radius 2 is 2.12 bits per heavy atom. The zero-order chi connectivity index (χ0) is 11.4. The van der Waals surface area contributed by atoms with Crippen LogP contribution in [0.2, 0.25) is 0 Å². The Hall–Kier alpha value is -0.540. The molecule has 0 spiro atoms. The molecule has 1 aliphatic carbocycles. The average Bonchev–Trinajstić information content (AvgIpc) is 2.79. The van der Waals surface area contributed by atoms with Crippen LogP contribution in [-0.4, -0.2) is 12.6 Å². The summed E-state index contributed by atoms with van der Waals surface area (Å²) < 4.78 is 6.75. The van der Waals surface area contributed by atoms with Crippen molar-refractivity contribution < 1.29 is 4.74 Å². The van der Waals surface area contributed by atoms with Crippen molar-refractivity contribution in [1.29, 1.82) is 0 Å². The average molecular weight is 284 g/mol. The molecular formula is C13H18BrNO. The van der Waals surface area contributed by atoms with Crippen LogP contribution in [-0.2, 0) is 0 Å². The summed E-state index contributed by atoms with van der Waals surface area (Å²) in [7, 11) is 0. The zero-order valence-corrected chi connectivity index (χ0v) is 10.9. The number of nitrogens with two attached hydrogens (primary N) is 1.